The number of hydrogen-bond acceptors (Lipinski definition) is 5. The Hall–Kier alpha value is -2.13. The molecule has 1 aliphatic heterocycles. The molecule has 0 aromatic heterocycles. The topological polar surface area (TPSA) is 76.0 Å². The summed E-state index contributed by atoms with van der Waals surface area (Å²) in [5.41, 5.74) is 2.27. The zero-order chi connectivity index (χ0) is 22.3. The molecule has 0 aliphatic carbocycles. The lowest BCUT2D eigenvalue weighted by atomic mass is 9.95. The quantitative estimate of drug-likeness (QED) is 0.719. The molecule has 2 atom stereocenters. The number of aliphatic hydroxyl groups is 2. The summed E-state index contributed by atoms with van der Waals surface area (Å²) in [6, 6.07) is 10.8. The van der Waals surface area contributed by atoms with Gasteiger partial charge in [0.15, 0.2) is 0 Å². The number of ether oxygens (including phenoxy) is 2. The largest absolute Gasteiger partial charge is 0.573 e. The first-order chi connectivity index (χ1) is 14.2. The summed E-state index contributed by atoms with van der Waals surface area (Å²) in [7, 11) is 1.00. The molecule has 2 unspecified atom stereocenters. The maximum atomic E-state index is 12.3. The van der Waals surface area contributed by atoms with Crippen LogP contribution in [0.25, 0.3) is 0 Å². The number of hydrogen-bond donors (Lipinski definition) is 2. The van der Waals surface area contributed by atoms with Crippen LogP contribution in [-0.4, -0.2) is 42.2 Å². The standard InChI is InChI=1S/C20H18ClF3O4.CH4O/c21-18-6-3-13(19-10-15(26)9-17(11-25)27-19)8-14(18)7-12-1-4-16(5-2-12)28-20(22,23)24;1-2/h1-6,8,17,19,25H,7,9-11H2;2H,1H3. The first-order valence-electron chi connectivity index (χ1n) is 9.09. The fourth-order valence-corrected chi connectivity index (χ4v) is 3.32. The van der Waals surface area contributed by atoms with Gasteiger partial charge in [0.05, 0.1) is 18.8 Å². The minimum atomic E-state index is -4.73. The molecule has 1 aliphatic rings. The summed E-state index contributed by atoms with van der Waals surface area (Å²) < 4.78 is 46.4. The normalized spacial score (nSPS) is 19.1. The highest BCUT2D eigenvalue weighted by Gasteiger charge is 2.31. The fraction of sp³-hybridized carbons (Fsp3) is 0.381. The van der Waals surface area contributed by atoms with E-state index < -0.39 is 18.6 Å². The van der Waals surface area contributed by atoms with Gasteiger partial charge in [-0.15, -0.1) is 13.2 Å². The van der Waals surface area contributed by atoms with Gasteiger partial charge in [-0.25, -0.2) is 0 Å². The van der Waals surface area contributed by atoms with E-state index in [9.17, 15) is 23.1 Å². The van der Waals surface area contributed by atoms with Crippen molar-refractivity contribution in [3.8, 4) is 5.75 Å². The van der Waals surface area contributed by atoms with Crippen LogP contribution in [0.5, 0.6) is 5.75 Å². The Morgan fingerprint density at radius 2 is 1.80 bits per heavy atom. The van der Waals surface area contributed by atoms with Gasteiger partial charge in [-0.05, 0) is 41.3 Å². The molecule has 1 fully saturated rings. The average Bonchev–Trinajstić information content (AvgIpc) is 2.71. The van der Waals surface area contributed by atoms with Crippen LogP contribution in [0.1, 0.15) is 35.6 Å². The zero-order valence-corrected chi connectivity index (χ0v) is 16.9. The van der Waals surface area contributed by atoms with Gasteiger partial charge in [0.2, 0.25) is 0 Å². The molecule has 164 valence electrons. The monoisotopic (exact) mass is 446 g/mol. The van der Waals surface area contributed by atoms with E-state index >= 15 is 0 Å². The molecular formula is C21H22ClF3O5. The fourth-order valence-electron chi connectivity index (χ4n) is 3.14. The molecule has 0 spiro atoms. The number of benzene rings is 2. The molecule has 9 heteroatoms. The Morgan fingerprint density at radius 1 is 1.13 bits per heavy atom. The lowest BCUT2D eigenvalue weighted by Gasteiger charge is -2.28. The van der Waals surface area contributed by atoms with Crippen LogP contribution in [0.3, 0.4) is 0 Å². The number of rotatable bonds is 5. The molecule has 0 bridgehead atoms. The van der Waals surface area contributed by atoms with Crippen molar-refractivity contribution in [1.82, 2.24) is 0 Å². The Balaban J connectivity index is 0.00000155. The van der Waals surface area contributed by atoms with E-state index in [0.717, 1.165) is 23.8 Å². The van der Waals surface area contributed by atoms with Crippen LogP contribution < -0.4 is 4.74 Å². The Labute approximate surface area is 177 Å². The molecule has 2 N–H and O–H groups in total. The van der Waals surface area contributed by atoms with E-state index in [1.54, 1.807) is 12.1 Å². The first kappa shape index (κ1) is 24.1. The molecule has 30 heavy (non-hydrogen) atoms. The number of aliphatic hydroxyl groups excluding tert-OH is 2. The molecule has 5 nitrogen and oxygen atoms in total. The van der Waals surface area contributed by atoms with E-state index in [1.807, 2.05) is 6.07 Å². The van der Waals surface area contributed by atoms with Gasteiger partial charge in [0.25, 0.3) is 0 Å². The van der Waals surface area contributed by atoms with Crippen LogP contribution in [-0.2, 0) is 16.0 Å². The smallest absolute Gasteiger partial charge is 0.406 e. The Bertz CT molecular complexity index is 840. The van der Waals surface area contributed by atoms with Crippen molar-refractivity contribution in [3.63, 3.8) is 0 Å². The molecule has 0 radical (unpaired) electrons. The van der Waals surface area contributed by atoms with Gasteiger partial charge in [-0.3, -0.25) is 4.79 Å². The van der Waals surface area contributed by atoms with Crippen molar-refractivity contribution >= 4 is 17.4 Å². The minimum Gasteiger partial charge on any atom is -0.406 e. The predicted octanol–water partition coefficient (Wildman–Crippen LogP) is 4.22. The van der Waals surface area contributed by atoms with Crippen LogP contribution in [0.2, 0.25) is 5.02 Å². The van der Waals surface area contributed by atoms with E-state index in [0.29, 0.717) is 11.4 Å². The third kappa shape index (κ3) is 6.98. The summed E-state index contributed by atoms with van der Waals surface area (Å²) in [5, 5.41) is 16.8. The van der Waals surface area contributed by atoms with Gasteiger partial charge in [-0.1, -0.05) is 35.9 Å². The third-order valence-electron chi connectivity index (χ3n) is 4.42. The van der Waals surface area contributed by atoms with Crippen molar-refractivity contribution in [2.45, 2.75) is 37.8 Å². The lowest BCUT2D eigenvalue weighted by Crippen LogP contribution is -2.30. The van der Waals surface area contributed by atoms with Gasteiger partial charge in [0, 0.05) is 25.0 Å². The number of alkyl halides is 3. The summed E-state index contributed by atoms with van der Waals surface area (Å²) in [5.74, 6) is -0.271. The first-order valence-corrected chi connectivity index (χ1v) is 9.47. The van der Waals surface area contributed by atoms with Crippen LogP contribution >= 0.6 is 11.6 Å². The van der Waals surface area contributed by atoms with Gasteiger partial charge in [-0.2, -0.15) is 0 Å². The molecule has 0 amide bonds. The zero-order valence-electron chi connectivity index (χ0n) is 16.2. The van der Waals surface area contributed by atoms with Crippen LogP contribution in [0.15, 0.2) is 42.5 Å². The van der Waals surface area contributed by atoms with Crippen molar-refractivity contribution in [2.75, 3.05) is 13.7 Å². The molecule has 1 heterocycles. The highest BCUT2D eigenvalue weighted by Crippen LogP contribution is 2.32. The van der Waals surface area contributed by atoms with Gasteiger partial charge >= 0.3 is 6.36 Å². The van der Waals surface area contributed by atoms with Crippen molar-refractivity contribution in [3.05, 3.63) is 64.2 Å². The van der Waals surface area contributed by atoms with Crippen molar-refractivity contribution < 1.29 is 37.7 Å². The molecular weight excluding hydrogens is 425 g/mol. The summed E-state index contributed by atoms with van der Waals surface area (Å²) in [6.45, 7) is -0.227. The maximum Gasteiger partial charge on any atom is 0.573 e. The Morgan fingerprint density at radius 3 is 2.40 bits per heavy atom. The van der Waals surface area contributed by atoms with Crippen LogP contribution in [0, 0.1) is 0 Å². The molecule has 2 aromatic carbocycles. The van der Waals surface area contributed by atoms with Crippen molar-refractivity contribution in [2.24, 2.45) is 0 Å². The summed E-state index contributed by atoms with van der Waals surface area (Å²) >= 11 is 6.27. The van der Waals surface area contributed by atoms with E-state index in [-0.39, 0.29) is 31.0 Å². The second kappa shape index (κ2) is 10.8. The third-order valence-corrected chi connectivity index (χ3v) is 4.79. The minimum absolute atomic E-state index is 0.0204. The second-order valence-corrected chi connectivity index (χ2v) is 7.00. The predicted molar refractivity (Wildman–Crippen MR) is 104 cm³/mol. The van der Waals surface area contributed by atoms with Gasteiger partial charge < -0.3 is 19.7 Å². The second-order valence-electron chi connectivity index (χ2n) is 6.60. The number of Topliss-reactive ketones (excluding diaryl/α,β-unsaturated/α-hetero) is 1. The summed E-state index contributed by atoms with van der Waals surface area (Å²) in [4.78, 5) is 11.9. The number of halogens is 4. The molecule has 0 saturated carbocycles. The van der Waals surface area contributed by atoms with Gasteiger partial charge in [0.1, 0.15) is 11.5 Å². The molecule has 1 saturated heterocycles. The van der Waals surface area contributed by atoms with E-state index in [2.05, 4.69) is 4.74 Å². The Kier molecular flexibility index (Phi) is 8.66. The summed E-state index contributed by atoms with van der Waals surface area (Å²) in [6.07, 6.45) is -4.91. The number of carbonyl (C=O) groups excluding carboxylic acids is 1. The highest BCUT2D eigenvalue weighted by atomic mass is 35.5. The highest BCUT2D eigenvalue weighted by molar-refractivity contribution is 6.31. The van der Waals surface area contributed by atoms with Crippen LogP contribution in [0.4, 0.5) is 13.2 Å². The van der Waals surface area contributed by atoms with E-state index in [4.69, 9.17) is 21.4 Å². The lowest BCUT2D eigenvalue weighted by molar-refractivity contribution is -0.274. The van der Waals surface area contributed by atoms with Crippen molar-refractivity contribution in [1.29, 1.82) is 0 Å². The number of ketones is 1. The molecule has 2 aromatic rings. The van der Waals surface area contributed by atoms with E-state index in [1.165, 1.54) is 24.3 Å². The maximum absolute atomic E-state index is 12.3. The average molecular weight is 447 g/mol. The molecule has 3 rings (SSSR count). The number of carbonyl (C=O) groups is 1. The SMILES string of the molecule is CO.O=C1CC(CO)OC(c2ccc(Cl)c(Cc3ccc(OC(F)(F)F)cc3)c2)C1.